The molecule has 0 aliphatic rings. The number of carboxylic acid groups (broad SMARTS) is 1. The summed E-state index contributed by atoms with van der Waals surface area (Å²) in [4.78, 5) is 24.3. The maximum Gasteiger partial charge on any atom is 0.336 e. The van der Waals surface area contributed by atoms with E-state index in [1.54, 1.807) is 31.2 Å². The van der Waals surface area contributed by atoms with Crippen LogP contribution in [0.1, 0.15) is 26.3 Å². The first-order chi connectivity index (χ1) is 10.0. The van der Waals surface area contributed by atoms with Gasteiger partial charge in [-0.2, -0.15) is 0 Å². The first kappa shape index (κ1) is 15.1. The summed E-state index contributed by atoms with van der Waals surface area (Å²) in [6.07, 6.45) is 1.90. The van der Waals surface area contributed by atoms with E-state index in [1.165, 1.54) is 17.8 Å². The third kappa shape index (κ3) is 3.44. The summed E-state index contributed by atoms with van der Waals surface area (Å²) >= 11 is 1.49. The van der Waals surface area contributed by atoms with Crippen LogP contribution in [0.2, 0.25) is 0 Å². The van der Waals surface area contributed by atoms with Crippen molar-refractivity contribution in [3.05, 3.63) is 59.2 Å². The topological polar surface area (TPSA) is 66.4 Å². The number of rotatable bonds is 4. The lowest BCUT2D eigenvalue weighted by molar-refractivity contribution is 0.0695. The van der Waals surface area contributed by atoms with Crippen molar-refractivity contribution >= 4 is 29.3 Å². The van der Waals surface area contributed by atoms with Crippen molar-refractivity contribution in [2.24, 2.45) is 0 Å². The third-order valence-corrected chi connectivity index (χ3v) is 3.87. The molecular weight excluding hydrogens is 286 g/mol. The van der Waals surface area contributed by atoms with Crippen molar-refractivity contribution in [2.75, 3.05) is 11.6 Å². The minimum absolute atomic E-state index is 0.186. The van der Waals surface area contributed by atoms with Crippen LogP contribution >= 0.6 is 11.8 Å². The molecule has 2 N–H and O–H groups in total. The normalized spacial score (nSPS) is 10.2. The number of nitrogens with one attached hydrogen (secondary N) is 1. The Kier molecular flexibility index (Phi) is 4.65. The summed E-state index contributed by atoms with van der Waals surface area (Å²) < 4.78 is 0. The zero-order valence-corrected chi connectivity index (χ0v) is 12.5. The number of benzene rings is 2. The van der Waals surface area contributed by atoms with Gasteiger partial charge in [-0.15, -0.1) is 11.8 Å². The Morgan fingerprint density at radius 2 is 1.81 bits per heavy atom. The Morgan fingerprint density at radius 1 is 1.10 bits per heavy atom. The maximum absolute atomic E-state index is 12.3. The average molecular weight is 301 g/mol. The van der Waals surface area contributed by atoms with Crippen LogP contribution < -0.4 is 5.32 Å². The SMILES string of the molecule is CSc1ccccc1C(=O)Nc1ccc(C)c(C(=O)O)c1. The van der Waals surface area contributed by atoms with Gasteiger partial charge in [-0.25, -0.2) is 4.79 Å². The predicted molar refractivity (Wildman–Crippen MR) is 84.3 cm³/mol. The Hall–Kier alpha value is -2.27. The highest BCUT2D eigenvalue weighted by molar-refractivity contribution is 7.98. The highest BCUT2D eigenvalue weighted by Crippen LogP contribution is 2.22. The zero-order valence-electron chi connectivity index (χ0n) is 11.7. The first-order valence-corrected chi connectivity index (χ1v) is 7.53. The van der Waals surface area contributed by atoms with E-state index < -0.39 is 5.97 Å². The van der Waals surface area contributed by atoms with Gasteiger partial charge in [0.05, 0.1) is 11.1 Å². The van der Waals surface area contributed by atoms with Gasteiger partial charge in [0.1, 0.15) is 0 Å². The van der Waals surface area contributed by atoms with Crippen LogP contribution in [0.15, 0.2) is 47.4 Å². The lowest BCUT2D eigenvalue weighted by Crippen LogP contribution is -2.13. The van der Waals surface area contributed by atoms with Crippen LogP contribution in [0.3, 0.4) is 0 Å². The van der Waals surface area contributed by atoms with Crippen LogP contribution in [0.5, 0.6) is 0 Å². The van der Waals surface area contributed by atoms with Gasteiger partial charge in [-0.3, -0.25) is 4.79 Å². The second-order valence-corrected chi connectivity index (χ2v) is 5.34. The molecule has 0 spiro atoms. The molecule has 0 fully saturated rings. The Labute approximate surface area is 127 Å². The van der Waals surface area contributed by atoms with Crippen LogP contribution in [-0.2, 0) is 0 Å². The van der Waals surface area contributed by atoms with E-state index >= 15 is 0 Å². The van der Waals surface area contributed by atoms with E-state index in [9.17, 15) is 9.59 Å². The zero-order chi connectivity index (χ0) is 15.4. The predicted octanol–water partition coefficient (Wildman–Crippen LogP) is 3.67. The van der Waals surface area contributed by atoms with Crippen molar-refractivity contribution in [3.8, 4) is 0 Å². The molecule has 2 aromatic carbocycles. The van der Waals surface area contributed by atoms with E-state index in [-0.39, 0.29) is 11.5 Å². The maximum atomic E-state index is 12.3. The molecule has 2 aromatic rings. The number of carboxylic acids is 1. The van der Waals surface area contributed by atoms with Gasteiger partial charge in [-0.05, 0) is 43.0 Å². The van der Waals surface area contributed by atoms with E-state index in [0.717, 1.165) is 4.90 Å². The minimum atomic E-state index is -1.01. The second-order valence-electron chi connectivity index (χ2n) is 4.49. The van der Waals surface area contributed by atoms with Gasteiger partial charge in [0.15, 0.2) is 0 Å². The molecule has 4 nitrogen and oxygen atoms in total. The van der Waals surface area contributed by atoms with Crippen molar-refractivity contribution in [2.45, 2.75) is 11.8 Å². The van der Waals surface area contributed by atoms with E-state index in [2.05, 4.69) is 5.32 Å². The molecule has 0 radical (unpaired) electrons. The number of hydrogen-bond donors (Lipinski definition) is 2. The molecule has 0 atom stereocenters. The lowest BCUT2D eigenvalue weighted by Gasteiger charge is -2.10. The number of hydrogen-bond acceptors (Lipinski definition) is 3. The molecule has 108 valence electrons. The number of aryl methyl sites for hydroxylation is 1. The molecule has 0 aliphatic carbocycles. The number of amides is 1. The van der Waals surface area contributed by atoms with Gasteiger partial charge in [0.2, 0.25) is 0 Å². The van der Waals surface area contributed by atoms with E-state index in [4.69, 9.17) is 5.11 Å². The number of carbonyl (C=O) groups excluding carboxylic acids is 1. The van der Waals surface area contributed by atoms with E-state index in [0.29, 0.717) is 16.8 Å². The van der Waals surface area contributed by atoms with Crippen LogP contribution in [-0.4, -0.2) is 23.2 Å². The van der Waals surface area contributed by atoms with Crippen LogP contribution in [0, 0.1) is 6.92 Å². The summed E-state index contributed by atoms with van der Waals surface area (Å²) in [5.74, 6) is -1.26. The van der Waals surface area contributed by atoms with Gasteiger partial charge >= 0.3 is 5.97 Å². The molecular formula is C16H15NO3S. The van der Waals surface area contributed by atoms with Gasteiger partial charge in [0, 0.05) is 10.6 Å². The molecule has 2 rings (SSSR count). The summed E-state index contributed by atoms with van der Waals surface area (Å²) in [7, 11) is 0. The fourth-order valence-electron chi connectivity index (χ4n) is 1.96. The molecule has 0 aliphatic heterocycles. The van der Waals surface area contributed by atoms with Crippen molar-refractivity contribution in [1.82, 2.24) is 0 Å². The average Bonchev–Trinajstić information content (AvgIpc) is 2.48. The molecule has 21 heavy (non-hydrogen) atoms. The number of carbonyl (C=O) groups is 2. The molecule has 0 aromatic heterocycles. The summed E-state index contributed by atoms with van der Waals surface area (Å²) in [6.45, 7) is 1.72. The molecule has 5 heteroatoms. The van der Waals surface area contributed by atoms with Crippen molar-refractivity contribution < 1.29 is 14.7 Å². The Morgan fingerprint density at radius 3 is 2.48 bits per heavy atom. The lowest BCUT2D eigenvalue weighted by atomic mass is 10.1. The quantitative estimate of drug-likeness (QED) is 0.846. The minimum Gasteiger partial charge on any atom is -0.478 e. The van der Waals surface area contributed by atoms with Crippen LogP contribution in [0.25, 0.3) is 0 Å². The molecule has 0 unspecified atom stereocenters. The summed E-state index contributed by atoms with van der Waals surface area (Å²) in [5, 5.41) is 11.8. The largest absolute Gasteiger partial charge is 0.478 e. The second kappa shape index (κ2) is 6.45. The highest BCUT2D eigenvalue weighted by Gasteiger charge is 2.13. The monoisotopic (exact) mass is 301 g/mol. The van der Waals surface area contributed by atoms with Crippen molar-refractivity contribution in [3.63, 3.8) is 0 Å². The molecule has 0 saturated carbocycles. The number of anilines is 1. The van der Waals surface area contributed by atoms with E-state index in [1.807, 2.05) is 18.4 Å². The van der Waals surface area contributed by atoms with Gasteiger partial charge in [0.25, 0.3) is 5.91 Å². The summed E-state index contributed by atoms with van der Waals surface area (Å²) in [6, 6.07) is 12.1. The fraction of sp³-hybridized carbons (Fsp3) is 0.125. The van der Waals surface area contributed by atoms with Crippen molar-refractivity contribution in [1.29, 1.82) is 0 Å². The number of aromatic carboxylic acids is 1. The molecule has 0 saturated heterocycles. The standard InChI is InChI=1S/C16H15NO3S/c1-10-7-8-11(9-13(10)16(19)20)17-15(18)12-5-3-4-6-14(12)21-2/h3-9H,1-2H3,(H,17,18)(H,19,20). The summed E-state index contributed by atoms with van der Waals surface area (Å²) in [5.41, 5.74) is 1.89. The first-order valence-electron chi connectivity index (χ1n) is 6.31. The third-order valence-electron chi connectivity index (χ3n) is 3.08. The Bertz CT molecular complexity index is 698. The molecule has 0 heterocycles. The fourth-order valence-corrected chi connectivity index (χ4v) is 2.56. The molecule has 1 amide bonds. The van der Waals surface area contributed by atoms with Gasteiger partial charge < -0.3 is 10.4 Å². The molecule has 0 bridgehead atoms. The number of thioether (sulfide) groups is 1. The van der Waals surface area contributed by atoms with Crippen LogP contribution in [0.4, 0.5) is 5.69 Å². The van der Waals surface area contributed by atoms with Gasteiger partial charge in [-0.1, -0.05) is 18.2 Å². The Balaban J connectivity index is 2.28. The smallest absolute Gasteiger partial charge is 0.336 e. The highest BCUT2D eigenvalue weighted by atomic mass is 32.2.